The minimum absolute atomic E-state index is 0.347. The van der Waals surface area contributed by atoms with Crippen molar-refractivity contribution in [2.75, 3.05) is 0 Å². The standard InChI is InChI=1S/C16H23N3/c1-5-14-6-8-15(9-7-14)11(2)17-10-16-12(3)18-19-13(16)4/h6-9,11,17H,5,10H2,1-4H3,(H,18,19). The summed E-state index contributed by atoms with van der Waals surface area (Å²) < 4.78 is 0. The monoisotopic (exact) mass is 257 g/mol. The molecule has 102 valence electrons. The van der Waals surface area contributed by atoms with Crippen LogP contribution in [0.2, 0.25) is 0 Å². The van der Waals surface area contributed by atoms with Gasteiger partial charge in [0.2, 0.25) is 0 Å². The number of H-pyrrole nitrogens is 1. The van der Waals surface area contributed by atoms with Crippen molar-refractivity contribution in [3.05, 3.63) is 52.3 Å². The van der Waals surface area contributed by atoms with Gasteiger partial charge in [-0.25, -0.2) is 0 Å². The summed E-state index contributed by atoms with van der Waals surface area (Å²) in [6, 6.07) is 9.19. The summed E-state index contributed by atoms with van der Waals surface area (Å²) in [6.07, 6.45) is 1.09. The maximum atomic E-state index is 4.22. The number of nitrogens with zero attached hydrogens (tertiary/aromatic N) is 1. The summed E-state index contributed by atoms with van der Waals surface area (Å²) in [7, 11) is 0. The fourth-order valence-electron chi connectivity index (χ4n) is 2.25. The van der Waals surface area contributed by atoms with Crippen LogP contribution in [-0.2, 0) is 13.0 Å². The van der Waals surface area contributed by atoms with Crippen molar-refractivity contribution >= 4 is 0 Å². The zero-order valence-electron chi connectivity index (χ0n) is 12.2. The Labute approximate surface area is 115 Å². The summed E-state index contributed by atoms with van der Waals surface area (Å²) >= 11 is 0. The first kappa shape index (κ1) is 13.8. The summed E-state index contributed by atoms with van der Waals surface area (Å²) in [5.74, 6) is 0. The molecule has 19 heavy (non-hydrogen) atoms. The van der Waals surface area contributed by atoms with Crippen molar-refractivity contribution in [3.63, 3.8) is 0 Å². The molecule has 0 spiro atoms. The second-order valence-electron chi connectivity index (χ2n) is 5.11. The molecule has 0 amide bonds. The molecule has 3 heteroatoms. The van der Waals surface area contributed by atoms with Gasteiger partial charge in [-0.15, -0.1) is 0 Å². The smallest absolute Gasteiger partial charge is 0.0638 e. The molecule has 0 fully saturated rings. The van der Waals surface area contributed by atoms with E-state index in [0.29, 0.717) is 6.04 Å². The van der Waals surface area contributed by atoms with Gasteiger partial charge in [0.1, 0.15) is 0 Å². The molecule has 1 atom stereocenters. The Kier molecular flexibility index (Phi) is 4.38. The van der Waals surface area contributed by atoms with E-state index < -0.39 is 0 Å². The largest absolute Gasteiger partial charge is 0.306 e. The van der Waals surface area contributed by atoms with Gasteiger partial charge < -0.3 is 5.32 Å². The fraction of sp³-hybridized carbons (Fsp3) is 0.438. The SMILES string of the molecule is CCc1ccc(C(C)NCc2c(C)n[nH]c2C)cc1. The summed E-state index contributed by atoms with van der Waals surface area (Å²) in [5.41, 5.74) is 6.22. The Hall–Kier alpha value is -1.61. The molecule has 0 saturated carbocycles. The van der Waals surface area contributed by atoms with Gasteiger partial charge in [0, 0.05) is 23.8 Å². The molecule has 0 aliphatic carbocycles. The molecule has 3 nitrogen and oxygen atoms in total. The lowest BCUT2D eigenvalue weighted by Gasteiger charge is -2.15. The van der Waals surface area contributed by atoms with Crippen molar-refractivity contribution < 1.29 is 0 Å². The van der Waals surface area contributed by atoms with Crippen LogP contribution in [0.4, 0.5) is 0 Å². The van der Waals surface area contributed by atoms with Gasteiger partial charge in [0.25, 0.3) is 0 Å². The normalized spacial score (nSPS) is 12.6. The first-order valence-corrected chi connectivity index (χ1v) is 6.94. The second kappa shape index (κ2) is 6.02. The van der Waals surface area contributed by atoms with E-state index in [1.807, 2.05) is 6.92 Å². The maximum Gasteiger partial charge on any atom is 0.0638 e. The van der Waals surface area contributed by atoms with E-state index in [2.05, 4.69) is 60.6 Å². The number of hydrogen-bond donors (Lipinski definition) is 2. The number of benzene rings is 1. The minimum Gasteiger partial charge on any atom is -0.306 e. The van der Waals surface area contributed by atoms with Gasteiger partial charge in [-0.3, -0.25) is 5.10 Å². The molecular formula is C16H23N3. The number of aromatic amines is 1. The van der Waals surface area contributed by atoms with Gasteiger partial charge in [0.05, 0.1) is 5.69 Å². The first-order chi connectivity index (χ1) is 9.11. The van der Waals surface area contributed by atoms with Crippen molar-refractivity contribution in [2.24, 2.45) is 0 Å². The predicted octanol–water partition coefficient (Wildman–Crippen LogP) is 3.44. The van der Waals surface area contributed by atoms with Crippen LogP contribution in [0.15, 0.2) is 24.3 Å². The van der Waals surface area contributed by atoms with E-state index in [9.17, 15) is 0 Å². The molecule has 2 N–H and O–H groups in total. The van der Waals surface area contributed by atoms with Gasteiger partial charge in [0.15, 0.2) is 0 Å². The Balaban J connectivity index is 1.99. The third kappa shape index (κ3) is 3.24. The maximum absolute atomic E-state index is 4.22. The third-order valence-electron chi connectivity index (χ3n) is 3.75. The zero-order valence-corrected chi connectivity index (χ0v) is 12.2. The molecule has 0 bridgehead atoms. The van der Waals surface area contributed by atoms with Crippen LogP contribution in [0, 0.1) is 13.8 Å². The van der Waals surface area contributed by atoms with Gasteiger partial charge >= 0.3 is 0 Å². The number of hydrogen-bond acceptors (Lipinski definition) is 2. The zero-order chi connectivity index (χ0) is 13.8. The molecule has 2 rings (SSSR count). The third-order valence-corrected chi connectivity index (χ3v) is 3.75. The Morgan fingerprint density at radius 2 is 1.89 bits per heavy atom. The highest BCUT2D eigenvalue weighted by molar-refractivity contribution is 5.26. The highest BCUT2D eigenvalue weighted by atomic mass is 15.1. The molecule has 1 aromatic heterocycles. The van der Waals surface area contributed by atoms with Crippen molar-refractivity contribution in [2.45, 2.75) is 46.7 Å². The number of aryl methyl sites for hydroxylation is 3. The van der Waals surface area contributed by atoms with E-state index >= 15 is 0 Å². The van der Waals surface area contributed by atoms with Crippen LogP contribution in [0.1, 0.15) is 48.0 Å². The average molecular weight is 257 g/mol. The minimum atomic E-state index is 0.347. The van der Waals surface area contributed by atoms with Gasteiger partial charge in [-0.05, 0) is 38.3 Å². The van der Waals surface area contributed by atoms with Crippen LogP contribution in [0.3, 0.4) is 0 Å². The molecule has 0 aliphatic heterocycles. The topological polar surface area (TPSA) is 40.7 Å². The van der Waals surface area contributed by atoms with E-state index in [1.54, 1.807) is 0 Å². The summed E-state index contributed by atoms with van der Waals surface area (Å²) in [5, 5.41) is 10.8. The van der Waals surface area contributed by atoms with E-state index in [1.165, 1.54) is 16.7 Å². The van der Waals surface area contributed by atoms with Crippen LogP contribution in [0.25, 0.3) is 0 Å². The quantitative estimate of drug-likeness (QED) is 0.861. The van der Waals surface area contributed by atoms with Gasteiger partial charge in [-0.1, -0.05) is 31.2 Å². The Bertz CT molecular complexity index is 506. The molecule has 0 saturated heterocycles. The predicted molar refractivity (Wildman–Crippen MR) is 79.1 cm³/mol. The summed E-state index contributed by atoms with van der Waals surface area (Å²) in [4.78, 5) is 0. The Morgan fingerprint density at radius 1 is 1.21 bits per heavy atom. The number of nitrogens with one attached hydrogen (secondary N) is 2. The van der Waals surface area contributed by atoms with Crippen LogP contribution < -0.4 is 5.32 Å². The second-order valence-corrected chi connectivity index (χ2v) is 5.11. The lowest BCUT2D eigenvalue weighted by molar-refractivity contribution is 0.572. The molecule has 1 unspecified atom stereocenters. The van der Waals surface area contributed by atoms with Crippen LogP contribution >= 0.6 is 0 Å². The number of aromatic nitrogens is 2. The molecular weight excluding hydrogens is 234 g/mol. The fourth-order valence-corrected chi connectivity index (χ4v) is 2.25. The first-order valence-electron chi connectivity index (χ1n) is 6.94. The Morgan fingerprint density at radius 3 is 2.42 bits per heavy atom. The number of rotatable bonds is 5. The summed E-state index contributed by atoms with van der Waals surface area (Å²) in [6.45, 7) is 9.34. The molecule has 0 aliphatic rings. The highest BCUT2D eigenvalue weighted by Crippen LogP contribution is 2.16. The van der Waals surface area contributed by atoms with E-state index in [4.69, 9.17) is 0 Å². The van der Waals surface area contributed by atoms with Crippen LogP contribution in [-0.4, -0.2) is 10.2 Å². The lowest BCUT2D eigenvalue weighted by atomic mass is 10.0. The molecule has 2 aromatic rings. The van der Waals surface area contributed by atoms with Gasteiger partial charge in [-0.2, -0.15) is 5.10 Å². The van der Waals surface area contributed by atoms with Crippen molar-refractivity contribution in [3.8, 4) is 0 Å². The van der Waals surface area contributed by atoms with Crippen molar-refractivity contribution in [1.29, 1.82) is 0 Å². The average Bonchev–Trinajstić information content (AvgIpc) is 2.75. The molecule has 0 radical (unpaired) electrons. The molecule has 1 heterocycles. The lowest BCUT2D eigenvalue weighted by Crippen LogP contribution is -2.18. The van der Waals surface area contributed by atoms with E-state index in [-0.39, 0.29) is 0 Å². The van der Waals surface area contributed by atoms with Crippen LogP contribution in [0.5, 0.6) is 0 Å². The van der Waals surface area contributed by atoms with E-state index in [0.717, 1.165) is 24.4 Å². The molecule has 1 aromatic carbocycles. The van der Waals surface area contributed by atoms with Crippen molar-refractivity contribution in [1.82, 2.24) is 15.5 Å². The highest BCUT2D eigenvalue weighted by Gasteiger charge is 2.09.